The summed E-state index contributed by atoms with van der Waals surface area (Å²) < 4.78 is 5.65. The first-order valence-corrected chi connectivity index (χ1v) is 7.93. The Balaban J connectivity index is 1.73. The Kier molecular flexibility index (Phi) is 4.49. The predicted molar refractivity (Wildman–Crippen MR) is 79.0 cm³/mol. The molecule has 120 valence electrons. The average molecular weight is 297 g/mol. The Hall–Kier alpha value is -1.26. The Morgan fingerprint density at radius 1 is 1.29 bits per heavy atom. The Morgan fingerprint density at radius 2 is 2.00 bits per heavy atom. The summed E-state index contributed by atoms with van der Waals surface area (Å²) in [6.45, 7) is 7.29. The molecule has 2 saturated carbocycles. The van der Waals surface area contributed by atoms with Gasteiger partial charge in [0.1, 0.15) is 6.10 Å². The van der Waals surface area contributed by atoms with E-state index in [4.69, 9.17) is 9.84 Å². The molecular formula is C16H27NO4. The van der Waals surface area contributed by atoms with Crippen LogP contribution < -0.4 is 5.32 Å². The summed E-state index contributed by atoms with van der Waals surface area (Å²) in [5.74, 6) is -0.148. The van der Waals surface area contributed by atoms with Crippen LogP contribution in [0.15, 0.2) is 0 Å². The predicted octanol–water partition coefficient (Wildman–Crippen LogP) is 3.18. The van der Waals surface area contributed by atoms with Crippen LogP contribution in [-0.2, 0) is 9.53 Å². The van der Waals surface area contributed by atoms with E-state index in [-0.39, 0.29) is 29.4 Å². The van der Waals surface area contributed by atoms with Gasteiger partial charge in [-0.25, -0.2) is 4.79 Å². The number of carboxylic acids is 1. The lowest BCUT2D eigenvalue weighted by molar-refractivity contribution is -0.137. The summed E-state index contributed by atoms with van der Waals surface area (Å²) in [6.07, 6.45) is 4.36. The van der Waals surface area contributed by atoms with E-state index in [0.29, 0.717) is 25.3 Å². The highest BCUT2D eigenvalue weighted by Crippen LogP contribution is 2.66. The van der Waals surface area contributed by atoms with Crippen molar-refractivity contribution in [2.75, 3.05) is 6.54 Å². The number of unbranched alkanes of at least 4 members (excludes halogenated alkanes) is 1. The summed E-state index contributed by atoms with van der Waals surface area (Å²) in [6, 6.07) is 0. The average Bonchev–Trinajstić information content (AvgIpc) is 2.71. The van der Waals surface area contributed by atoms with Crippen molar-refractivity contribution in [3.05, 3.63) is 0 Å². The second-order valence-corrected chi connectivity index (χ2v) is 7.28. The monoisotopic (exact) mass is 297 g/mol. The number of alkyl carbamates (subject to hydrolysis) is 1. The lowest BCUT2D eigenvalue weighted by Gasteiger charge is -2.38. The maximum atomic E-state index is 11.9. The lowest BCUT2D eigenvalue weighted by Crippen LogP contribution is -2.40. The first kappa shape index (κ1) is 16.1. The summed E-state index contributed by atoms with van der Waals surface area (Å²) in [4.78, 5) is 22.3. The van der Waals surface area contributed by atoms with E-state index in [2.05, 4.69) is 26.1 Å². The van der Waals surface area contributed by atoms with Gasteiger partial charge in [0.05, 0.1) is 0 Å². The molecule has 5 nitrogen and oxygen atoms in total. The number of aliphatic carboxylic acids is 1. The van der Waals surface area contributed by atoms with Crippen molar-refractivity contribution in [1.29, 1.82) is 0 Å². The van der Waals surface area contributed by atoms with Crippen LogP contribution in [0.2, 0.25) is 0 Å². The first-order chi connectivity index (χ1) is 9.77. The highest BCUT2D eigenvalue weighted by atomic mass is 16.6. The Bertz CT molecular complexity index is 421. The van der Waals surface area contributed by atoms with Crippen molar-refractivity contribution >= 4 is 12.1 Å². The zero-order valence-corrected chi connectivity index (χ0v) is 13.3. The molecule has 2 fully saturated rings. The first-order valence-electron chi connectivity index (χ1n) is 7.93. The second-order valence-electron chi connectivity index (χ2n) is 7.28. The van der Waals surface area contributed by atoms with Crippen molar-refractivity contribution in [2.24, 2.45) is 16.7 Å². The van der Waals surface area contributed by atoms with E-state index in [0.717, 1.165) is 12.8 Å². The van der Waals surface area contributed by atoms with Gasteiger partial charge < -0.3 is 15.2 Å². The Morgan fingerprint density at radius 3 is 2.52 bits per heavy atom. The fourth-order valence-corrected chi connectivity index (χ4v) is 4.07. The number of ether oxygens (including phenoxy) is 1. The minimum absolute atomic E-state index is 0.00488. The van der Waals surface area contributed by atoms with Gasteiger partial charge >= 0.3 is 12.1 Å². The quantitative estimate of drug-likeness (QED) is 0.738. The van der Waals surface area contributed by atoms with Crippen molar-refractivity contribution < 1.29 is 19.4 Å². The minimum Gasteiger partial charge on any atom is -0.481 e. The molecule has 5 heteroatoms. The number of carbonyl (C=O) groups is 2. The number of fused-ring (bicyclic) bond motifs is 2. The van der Waals surface area contributed by atoms with E-state index in [1.165, 1.54) is 6.42 Å². The smallest absolute Gasteiger partial charge is 0.407 e. The van der Waals surface area contributed by atoms with Crippen LogP contribution in [0, 0.1) is 16.7 Å². The van der Waals surface area contributed by atoms with Gasteiger partial charge in [0.2, 0.25) is 0 Å². The molecule has 0 saturated heterocycles. The molecular weight excluding hydrogens is 270 g/mol. The van der Waals surface area contributed by atoms with Gasteiger partial charge in [-0.05, 0) is 43.4 Å². The topological polar surface area (TPSA) is 75.6 Å². The van der Waals surface area contributed by atoms with Crippen LogP contribution in [0.5, 0.6) is 0 Å². The highest BCUT2D eigenvalue weighted by Gasteiger charge is 2.62. The molecule has 0 heterocycles. The summed E-state index contributed by atoms with van der Waals surface area (Å²) in [5.41, 5.74) is 0.317. The number of carboxylic acid groups (broad SMARTS) is 1. The number of hydrogen-bond acceptors (Lipinski definition) is 3. The molecule has 0 aromatic rings. The third-order valence-corrected chi connectivity index (χ3v) is 6.05. The lowest BCUT2D eigenvalue weighted by atomic mass is 9.70. The van der Waals surface area contributed by atoms with Gasteiger partial charge in [0.15, 0.2) is 0 Å². The van der Waals surface area contributed by atoms with E-state index >= 15 is 0 Å². The molecule has 0 radical (unpaired) electrons. The molecule has 1 amide bonds. The summed E-state index contributed by atoms with van der Waals surface area (Å²) in [7, 11) is 0. The maximum Gasteiger partial charge on any atom is 0.407 e. The van der Waals surface area contributed by atoms with Gasteiger partial charge in [-0.1, -0.05) is 20.8 Å². The molecule has 3 unspecified atom stereocenters. The third kappa shape index (κ3) is 3.01. The molecule has 21 heavy (non-hydrogen) atoms. The van der Waals surface area contributed by atoms with Crippen LogP contribution in [0.4, 0.5) is 4.79 Å². The van der Waals surface area contributed by atoms with E-state index in [9.17, 15) is 9.59 Å². The fraction of sp³-hybridized carbons (Fsp3) is 0.875. The van der Waals surface area contributed by atoms with Gasteiger partial charge in [-0.15, -0.1) is 0 Å². The molecule has 0 spiro atoms. The molecule has 0 aromatic heterocycles. The Labute approximate surface area is 126 Å². The largest absolute Gasteiger partial charge is 0.481 e. The van der Waals surface area contributed by atoms with E-state index < -0.39 is 5.97 Å². The van der Waals surface area contributed by atoms with Crippen molar-refractivity contribution in [3.8, 4) is 0 Å². The molecule has 2 aliphatic carbocycles. The van der Waals surface area contributed by atoms with Crippen LogP contribution in [0.25, 0.3) is 0 Å². The van der Waals surface area contributed by atoms with Crippen molar-refractivity contribution in [2.45, 2.75) is 65.4 Å². The molecule has 0 aromatic carbocycles. The van der Waals surface area contributed by atoms with Crippen LogP contribution in [0.1, 0.15) is 59.3 Å². The molecule has 0 aliphatic heterocycles. The van der Waals surface area contributed by atoms with Gasteiger partial charge in [0, 0.05) is 18.4 Å². The highest BCUT2D eigenvalue weighted by molar-refractivity contribution is 5.67. The zero-order chi connectivity index (χ0) is 15.7. The molecule has 2 bridgehead atoms. The normalized spacial score (nSPS) is 32.9. The van der Waals surface area contributed by atoms with E-state index in [1.54, 1.807) is 0 Å². The SMILES string of the molecule is CC1(C)C2CCC1(C)C(OC(=O)NCCCCC(=O)O)C2. The van der Waals surface area contributed by atoms with Crippen LogP contribution in [0.3, 0.4) is 0 Å². The summed E-state index contributed by atoms with van der Waals surface area (Å²) in [5, 5.41) is 11.3. The van der Waals surface area contributed by atoms with E-state index in [1.807, 2.05) is 0 Å². The summed E-state index contributed by atoms with van der Waals surface area (Å²) >= 11 is 0. The number of amides is 1. The van der Waals surface area contributed by atoms with Crippen LogP contribution >= 0.6 is 0 Å². The van der Waals surface area contributed by atoms with Gasteiger partial charge in [-0.3, -0.25) is 4.79 Å². The van der Waals surface area contributed by atoms with Gasteiger partial charge in [0.25, 0.3) is 0 Å². The molecule has 3 atom stereocenters. The second kappa shape index (κ2) is 5.85. The minimum atomic E-state index is -0.797. The zero-order valence-electron chi connectivity index (χ0n) is 13.3. The number of nitrogens with one attached hydrogen (secondary N) is 1. The maximum absolute atomic E-state index is 11.9. The molecule has 2 N–H and O–H groups in total. The van der Waals surface area contributed by atoms with Crippen molar-refractivity contribution in [1.82, 2.24) is 5.32 Å². The number of hydrogen-bond donors (Lipinski definition) is 2. The molecule has 2 aliphatic rings. The fourth-order valence-electron chi connectivity index (χ4n) is 4.07. The number of carbonyl (C=O) groups excluding carboxylic acids is 1. The standard InChI is InChI=1S/C16H27NO4/c1-15(2)11-7-8-16(15,3)12(10-11)21-14(20)17-9-5-4-6-13(18)19/h11-12H,4-10H2,1-3H3,(H,17,20)(H,18,19). The third-order valence-electron chi connectivity index (χ3n) is 6.05. The van der Waals surface area contributed by atoms with Crippen LogP contribution in [-0.4, -0.2) is 29.8 Å². The van der Waals surface area contributed by atoms with Crippen molar-refractivity contribution in [3.63, 3.8) is 0 Å². The molecule has 2 rings (SSSR count). The van der Waals surface area contributed by atoms with Gasteiger partial charge in [-0.2, -0.15) is 0 Å². The number of rotatable bonds is 6.